The van der Waals surface area contributed by atoms with Crippen LogP contribution < -0.4 is 0 Å². The third-order valence-electron chi connectivity index (χ3n) is 2.75. The molecule has 0 bridgehead atoms. The van der Waals surface area contributed by atoms with Crippen LogP contribution in [0.4, 0.5) is 0 Å². The number of nitrogens with zero attached hydrogens (tertiary/aromatic N) is 1. The van der Waals surface area contributed by atoms with Crippen LogP contribution in [0.5, 0.6) is 0 Å². The molecule has 0 spiro atoms. The van der Waals surface area contributed by atoms with Crippen molar-refractivity contribution in [3.63, 3.8) is 0 Å². The van der Waals surface area contributed by atoms with Crippen LogP contribution in [0, 0.1) is 5.92 Å². The highest BCUT2D eigenvalue weighted by Crippen LogP contribution is 2.22. The van der Waals surface area contributed by atoms with Crippen LogP contribution >= 0.6 is 0 Å². The van der Waals surface area contributed by atoms with Gasteiger partial charge in [0.1, 0.15) is 0 Å². The summed E-state index contributed by atoms with van der Waals surface area (Å²) in [6.07, 6.45) is 2.09. The van der Waals surface area contributed by atoms with Gasteiger partial charge in [0.25, 0.3) is 0 Å². The second-order valence-electron chi connectivity index (χ2n) is 4.32. The monoisotopic (exact) mass is 171 g/mol. The summed E-state index contributed by atoms with van der Waals surface area (Å²) in [7, 11) is 0. The van der Waals surface area contributed by atoms with Gasteiger partial charge in [-0.05, 0) is 32.6 Å². The molecule has 1 rings (SSSR count). The van der Waals surface area contributed by atoms with Crippen LogP contribution in [-0.4, -0.2) is 35.2 Å². The zero-order valence-electron chi connectivity index (χ0n) is 8.45. The first-order chi connectivity index (χ1) is 5.59. The molecule has 2 nitrogen and oxygen atoms in total. The second-order valence-corrected chi connectivity index (χ2v) is 4.32. The van der Waals surface area contributed by atoms with E-state index in [1.165, 1.54) is 13.0 Å². The Morgan fingerprint density at radius 3 is 2.58 bits per heavy atom. The molecule has 0 aliphatic carbocycles. The summed E-state index contributed by atoms with van der Waals surface area (Å²) in [5.41, 5.74) is 0. The van der Waals surface area contributed by atoms with Gasteiger partial charge in [-0.15, -0.1) is 0 Å². The van der Waals surface area contributed by atoms with Crippen molar-refractivity contribution in [3.8, 4) is 0 Å². The van der Waals surface area contributed by atoms with Crippen molar-refractivity contribution in [2.75, 3.05) is 13.1 Å². The smallest absolute Gasteiger partial charge is 0.0524 e. The predicted octanol–water partition coefficient (Wildman–Crippen LogP) is 1.49. The summed E-state index contributed by atoms with van der Waals surface area (Å²) in [6, 6.07) is 0.721. The minimum Gasteiger partial charge on any atom is -0.393 e. The van der Waals surface area contributed by atoms with Gasteiger partial charge < -0.3 is 10.0 Å². The van der Waals surface area contributed by atoms with E-state index in [9.17, 15) is 0 Å². The molecule has 72 valence electrons. The first kappa shape index (κ1) is 10.0. The summed E-state index contributed by atoms with van der Waals surface area (Å²) in [6.45, 7) is 8.73. The van der Waals surface area contributed by atoms with Gasteiger partial charge in [-0.3, -0.25) is 0 Å². The average Bonchev–Trinajstić information content (AvgIpc) is 2.26. The van der Waals surface area contributed by atoms with Crippen molar-refractivity contribution < 1.29 is 5.11 Å². The van der Waals surface area contributed by atoms with Gasteiger partial charge in [0.15, 0.2) is 0 Å². The van der Waals surface area contributed by atoms with Crippen molar-refractivity contribution in [2.45, 2.75) is 45.8 Å². The molecule has 1 saturated heterocycles. The average molecular weight is 171 g/mol. The van der Waals surface area contributed by atoms with Crippen molar-refractivity contribution in [1.29, 1.82) is 0 Å². The van der Waals surface area contributed by atoms with E-state index in [-0.39, 0.29) is 6.10 Å². The Kier molecular flexibility index (Phi) is 3.53. The Labute approximate surface area is 75.6 Å². The Bertz CT molecular complexity index is 136. The molecular weight excluding hydrogens is 150 g/mol. The summed E-state index contributed by atoms with van der Waals surface area (Å²) >= 11 is 0. The molecule has 0 saturated carbocycles. The minimum absolute atomic E-state index is 0.145. The third kappa shape index (κ3) is 2.76. The highest BCUT2D eigenvalue weighted by Gasteiger charge is 2.25. The van der Waals surface area contributed by atoms with Crippen LogP contribution in [0.25, 0.3) is 0 Å². The van der Waals surface area contributed by atoms with Gasteiger partial charge >= 0.3 is 0 Å². The number of hydrogen-bond acceptors (Lipinski definition) is 2. The van der Waals surface area contributed by atoms with Crippen LogP contribution in [-0.2, 0) is 0 Å². The van der Waals surface area contributed by atoms with Crippen molar-refractivity contribution in [3.05, 3.63) is 0 Å². The van der Waals surface area contributed by atoms with Crippen LogP contribution in [0.2, 0.25) is 0 Å². The third-order valence-corrected chi connectivity index (χ3v) is 2.75. The number of rotatable bonds is 3. The Morgan fingerprint density at radius 1 is 1.50 bits per heavy atom. The van der Waals surface area contributed by atoms with E-state index in [0.29, 0.717) is 0 Å². The van der Waals surface area contributed by atoms with E-state index in [4.69, 9.17) is 5.11 Å². The van der Waals surface area contributed by atoms with E-state index < -0.39 is 0 Å². The molecule has 0 aromatic heterocycles. The molecule has 12 heavy (non-hydrogen) atoms. The molecule has 1 aliphatic heterocycles. The molecule has 0 radical (unpaired) electrons. The van der Waals surface area contributed by atoms with Gasteiger partial charge in [0.05, 0.1) is 6.10 Å². The maximum Gasteiger partial charge on any atom is 0.0524 e. The SMILES string of the molecule is CC(O)CCN1CC(C)CC1C. The maximum atomic E-state index is 9.14. The topological polar surface area (TPSA) is 23.5 Å². The van der Waals surface area contributed by atoms with E-state index in [1.807, 2.05) is 6.92 Å². The maximum absolute atomic E-state index is 9.14. The molecule has 1 N–H and O–H groups in total. The van der Waals surface area contributed by atoms with E-state index >= 15 is 0 Å². The molecular formula is C10H21NO. The fourth-order valence-electron chi connectivity index (χ4n) is 2.05. The molecule has 2 heteroatoms. The lowest BCUT2D eigenvalue weighted by molar-refractivity contribution is 0.153. The Balaban J connectivity index is 2.23. The minimum atomic E-state index is -0.145. The second kappa shape index (κ2) is 4.24. The Morgan fingerprint density at radius 2 is 2.17 bits per heavy atom. The fraction of sp³-hybridized carbons (Fsp3) is 1.00. The van der Waals surface area contributed by atoms with Gasteiger partial charge in [0.2, 0.25) is 0 Å². The lowest BCUT2D eigenvalue weighted by Gasteiger charge is -2.21. The molecule has 1 heterocycles. The normalized spacial score (nSPS) is 34.0. The van der Waals surface area contributed by atoms with Crippen LogP contribution in [0.15, 0.2) is 0 Å². The summed E-state index contributed by atoms with van der Waals surface area (Å²) in [5, 5.41) is 9.14. The molecule has 1 aliphatic rings. The van der Waals surface area contributed by atoms with Crippen LogP contribution in [0.3, 0.4) is 0 Å². The highest BCUT2D eigenvalue weighted by atomic mass is 16.3. The fourth-order valence-corrected chi connectivity index (χ4v) is 2.05. The van der Waals surface area contributed by atoms with E-state index in [0.717, 1.165) is 24.9 Å². The quantitative estimate of drug-likeness (QED) is 0.695. The lowest BCUT2D eigenvalue weighted by Crippen LogP contribution is -2.29. The number of hydrogen-bond donors (Lipinski definition) is 1. The number of aliphatic hydroxyl groups excluding tert-OH is 1. The van der Waals surface area contributed by atoms with Gasteiger partial charge in [-0.1, -0.05) is 6.92 Å². The standard InChI is InChI=1S/C10H21NO/c1-8-6-9(2)11(7-8)5-4-10(3)12/h8-10,12H,4-7H2,1-3H3. The van der Waals surface area contributed by atoms with Crippen molar-refractivity contribution in [2.24, 2.45) is 5.92 Å². The first-order valence-corrected chi connectivity index (χ1v) is 5.01. The zero-order chi connectivity index (χ0) is 9.14. The van der Waals surface area contributed by atoms with Crippen molar-refractivity contribution in [1.82, 2.24) is 4.90 Å². The predicted molar refractivity (Wildman–Crippen MR) is 51.1 cm³/mol. The number of aliphatic hydroxyl groups is 1. The summed E-state index contributed by atoms with van der Waals surface area (Å²) in [4.78, 5) is 2.48. The summed E-state index contributed by atoms with van der Waals surface area (Å²) in [5.74, 6) is 0.842. The molecule has 3 atom stereocenters. The molecule has 0 aromatic carbocycles. The molecule has 0 aromatic rings. The van der Waals surface area contributed by atoms with Crippen LogP contribution in [0.1, 0.15) is 33.6 Å². The van der Waals surface area contributed by atoms with Gasteiger partial charge in [0, 0.05) is 19.1 Å². The van der Waals surface area contributed by atoms with Gasteiger partial charge in [-0.2, -0.15) is 0 Å². The van der Waals surface area contributed by atoms with E-state index in [1.54, 1.807) is 0 Å². The first-order valence-electron chi connectivity index (χ1n) is 5.01. The zero-order valence-corrected chi connectivity index (χ0v) is 8.45. The summed E-state index contributed by atoms with van der Waals surface area (Å²) < 4.78 is 0. The molecule has 3 unspecified atom stereocenters. The van der Waals surface area contributed by atoms with Gasteiger partial charge in [-0.25, -0.2) is 0 Å². The Hall–Kier alpha value is -0.0800. The van der Waals surface area contributed by atoms with E-state index in [2.05, 4.69) is 18.7 Å². The van der Waals surface area contributed by atoms with Crippen molar-refractivity contribution >= 4 is 0 Å². The molecule has 1 fully saturated rings. The largest absolute Gasteiger partial charge is 0.393 e. The molecule has 0 amide bonds. The lowest BCUT2D eigenvalue weighted by atomic mass is 10.1. The highest BCUT2D eigenvalue weighted by molar-refractivity contribution is 4.79. The number of likely N-dealkylation sites (tertiary alicyclic amines) is 1.